The molecule has 2 heterocycles. The number of nitrogens with zero attached hydrogens (tertiary/aromatic N) is 1. The maximum absolute atomic E-state index is 11.6. The van der Waals surface area contributed by atoms with Gasteiger partial charge in [0.2, 0.25) is 5.91 Å². The normalized spacial score (nSPS) is 10.1. The summed E-state index contributed by atoms with van der Waals surface area (Å²) in [4.78, 5) is 27.1. The molecule has 0 unspecified atom stereocenters. The molecule has 0 saturated carbocycles. The highest BCUT2D eigenvalue weighted by atomic mass is 35.5. The Balaban J connectivity index is 1.71. The second-order valence-corrected chi connectivity index (χ2v) is 5.26. The number of amides is 3. The third-order valence-electron chi connectivity index (χ3n) is 2.32. The van der Waals surface area contributed by atoms with Crippen LogP contribution in [0.4, 0.5) is 4.79 Å². The maximum atomic E-state index is 11.6. The first-order valence-electron chi connectivity index (χ1n) is 5.98. The molecule has 0 atom stereocenters. The van der Waals surface area contributed by atoms with Crippen molar-refractivity contribution < 1.29 is 14.0 Å². The highest BCUT2D eigenvalue weighted by molar-refractivity contribution is 8.00. The van der Waals surface area contributed by atoms with Gasteiger partial charge in [-0.2, -0.15) is 0 Å². The van der Waals surface area contributed by atoms with Crippen molar-refractivity contribution in [3.8, 4) is 0 Å². The van der Waals surface area contributed by atoms with Gasteiger partial charge in [0.15, 0.2) is 0 Å². The van der Waals surface area contributed by atoms with Crippen LogP contribution < -0.4 is 10.6 Å². The number of nitrogens with one attached hydrogen (secondary N) is 2. The fourth-order valence-corrected chi connectivity index (χ4v) is 2.37. The summed E-state index contributed by atoms with van der Waals surface area (Å²) >= 11 is 7.07. The number of hydrogen-bond donors (Lipinski definition) is 2. The number of furan rings is 1. The van der Waals surface area contributed by atoms with Crippen molar-refractivity contribution in [1.82, 2.24) is 15.6 Å². The molecule has 0 bridgehead atoms. The minimum Gasteiger partial charge on any atom is -0.467 e. The van der Waals surface area contributed by atoms with Crippen molar-refractivity contribution in [3.05, 3.63) is 47.5 Å². The monoisotopic (exact) mass is 325 g/mol. The van der Waals surface area contributed by atoms with E-state index in [1.165, 1.54) is 6.26 Å². The molecule has 0 fully saturated rings. The minimum absolute atomic E-state index is 0.0465. The summed E-state index contributed by atoms with van der Waals surface area (Å²) in [6.07, 6.45) is 3.09. The smallest absolute Gasteiger partial charge is 0.321 e. The molecule has 6 nitrogen and oxygen atoms in total. The van der Waals surface area contributed by atoms with Gasteiger partial charge in [0.05, 0.1) is 23.6 Å². The molecule has 3 amide bonds. The molecular formula is C13H12ClN3O3S. The summed E-state index contributed by atoms with van der Waals surface area (Å²) in [6.45, 7) is 0.214. The molecule has 110 valence electrons. The molecule has 21 heavy (non-hydrogen) atoms. The Bertz CT molecular complexity index is 619. The maximum Gasteiger partial charge on any atom is 0.321 e. The van der Waals surface area contributed by atoms with Gasteiger partial charge in [-0.3, -0.25) is 10.1 Å². The predicted molar refractivity (Wildman–Crippen MR) is 79.1 cm³/mol. The number of pyridine rings is 1. The standard InChI is InChI=1S/C13H12ClN3O3S/c14-10-4-1-5-15-12(10)21-8-11(18)17-13(19)16-7-9-3-2-6-20-9/h1-6H,7-8H2,(H2,16,17,18,19). The van der Waals surface area contributed by atoms with Gasteiger partial charge in [-0.1, -0.05) is 23.4 Å². The molecule has 2 aromatic rings. The lowest BCUT2D eigenvalue weighted by Gasteiger charge is -2.05. The number of aromatic nitrogens is 1. The van der Waals surface area contributed by atoms with Crippen molar-refractivity contribution in [2.75, 3.05) is 5.75 Å². The van der Waals surface area contributed by atoms with Gasteiger partial charge in [0.1, 0.15) is 10.8 Å². The summed E-state index contributed by atoms with van der Waals surface area (Å²) in [5.41, 5.74) is 0. The molecule has 2 rings (SSSR count). The molecule has 0 saturated heterocycles. The number of carbonyl (C=O) groups is 2. The fourth-order valence-electron chi connectivity index (χ4n) is 1.40. The van der Waals surface area contributed by atoms with Crippen LogP contribution in [-0.2, 0) is 11.3 Å². The van der Waals surface area contributed by atoms with Gasteiger partial charge in [0.25, 0.3) is 0 Å². The van der Waals surface area contributed by atoms with Crippen LogP contribution in [-0.4, -0.2) is 22.7 Å². The minimum atomic E-state index is -0.580. The average molecular weight is 326 g/mol. The zero-order chi connectivity index (χ0) is 15.1. The Kier molecular flexibility index (Phi) is 5.65. The number of urea groups is 1. The third kappa shape index (κ3) is 5.13. The second-order valence-electron chi connectivity index (χ2n) is 3.89. The molecule has 2 N–H and O–H groups in total. The third-order valence-corrected chi connectivity index (χ3v) is 3.74. The fraction of sp³-hybridized carbons (Fsp3) is 0.154. The van der Waals surface area contributed by atoms with E-state index in [2.05, 4.69) is 15.6 Å². The van der Waals surface area contributed by atoms with Crippen LogP contribution in [0.5, 0.6) is 0 Å². The molecular weight excluding hydrogens is 314 g/mol. The lowest BCUT2D eigenvalue weighted by atomic mass is 10.4. The number of carbonyl (C=O) groups excluding carboxylic acids is 2. The van der Waals surface area contributed by atoms with Gasteiger partial charge < -0.3 is 9.73 Å². The summed E-state index contributed by atoms with van der Waals surface area (Å²) in [7, 11) is 0. The quantitative estimate of drug-likeness (QED) is 0.825. The number of thioether (sulfide) groups is 1. The van der Waals surface area contributed by atoms with Crippen LogP contribution in [0.25, 0.3) is 0 Å². The Hall–Kier alpha value is -1.99. The molecule has 2 aromatic heterocycles. The first-order chi connectivity index (χ1) is 10.1. The van der Waals surface area contributed by atoms with Crippen LogP contribution in [0.15, 0.2) is 46.2 Å². The van der Waals surface area contributed by atoms with Gasteiger partial charge in [-0.15, -0.1) is 0 Å². The van der Waals surface area contributed by atoms with E-state index >= 15 is 0 Å². The number of halogens is 1. The van der Waals surface area contributed by atoms with E-state index in [1.54, 1.807) is 30.5 Å². The Labute approximate surface area is 130 Å². The highest BCUT2D eigenvalue weighted by Gasteiger charge is 2.10. The molecule has 8 heteroatoms. The van der Waals surface area contributed by atoms with Crippen molar-refractivity contribution in [3.63, 3.8) is 0 Å². The van der Waals surface area contributed by atoms with E-state index in [4.69, 9.17) is 16.0 Å². The summed E-state index contributed by atoms with van der Waals surface area (Å²) in [6, 6.07) is 6.25. The average Bonchev–Trinajstić information content (AvgIpc) is 2.97. The van der Waals surface area contributed by atoms with Crippen LogP contribution in [0.3, 0.4) is 0 Å². The number of imide groups is 1. The highest BCUT2D eigenvalue weighted by Crippen LogP contribution is 2.23. The van der Waals surface area contributed by atoms with E-state index in [0.717, 1.165) is 11.8 Å². The van der Waals surface area contributed by atoms with Gasteiger partial charge in [0, 0.05) is 6.20 Å². The Morgan fingerprint density at radius 2 is 2.19 bits per heavy atom. The topological polar surface area (TPSA) is 84.2 Å². The largest absolute Gasteiger partial charge is 0.467 e. The second kappa shape index (κ2) is 7.70. The molecule has 0 aliphatic rings. The molecule has 0 aliphatic carbocycles. The van der Waals surface area contributed by atoms with E-state index in [-0.39, 0.29) is 12.3 Å². The van der Waals surface area contributed by atoms with Crippen LogP contribution >= 0.6 is 23.4 Å². The van der Waals surface area contributed by atoms with Crippen molar-refractivity contribution in [1.29, 1.82) is 0 Å². The molecule has 0 radical (unpaired) electrons. The zero-order valence-corrected chi connectivity index (χ0v) is 12.4. The van der Waals surface area contributed by atoms with E-state index in [9.17, 15) is 9.59 Å². The lowest BCUT2D eigenvalue weighted by molar-refractivity contribution is -0.117. The molecule has 0 aromatic carbocycles. The lowest BCUT2D eigenvalue weighted by Crippen LogP contribution is -2.39. The molecule has 0 aliphatic heterocycles. The van der Waals surface area contributed by atoms with Crippen LogP contribution in [0.2, 0.25) is 5.02 Å². The van der Waals surface area contributed by atoms with E-state index in [1.807, 2.05) is 0 Å². The van der Waals surface area contributed by atoms with Crippen LogP contribution in [0, 0.1) is 0 Å². The van der Waals surface area contributed by atoms with Gasteiger partial charge in [-0.25, -0.2) is 9.78 Å². The number of hydrogen-bond acceptors (Lipinski definition) is 5. The summed E-state index contributed by atoms with van der Waals surface area (Å²) < 4.78 is 5.05. The van der Waals surface area contributed by atoms with Crippen molar-refractivity contribution in [2.45, 2.75) is 11.6 Å². The first-order valence-corrected chi connectivity index (χ1v) is 7.35. The zero-order valence-electron chi connectivity index (χ0n) is 10.8. The first kappa shape index (κ1) is 15.4. The van der Waals surface area contributed by atoms with Gasteiger partial charge >= 0.3 is 6.03 Å². The molecule has 0 spiro atoms. The Morgan fingerprint density at radius 3 is 2.90 bits per heavy atom. The van der Waals surface area contributed by atoms with Crippen molar-refractivity contribution in [2.24, 2.45) is 0 Å². The van der Waals surface area contributed by atoms with Crippen molar-refractivity contribution >= 4 is 35.3 Å². The van der Waals surface area contributed by atoms with Gasteiger partial charge in [-0.05, 0) is 24.3 Å². The summed E-state index contributed by atoms with van der Waals surface area (Å²) in [5.74, 6) is 0.219. The number of rotatable bonds is 5. The van der Waals surface area contributed by atoms with Crippen LogP contribution in [0.1, 0.15) is 5.76 Å². The van der Waals surface area contributed by atoms with E-state index < -0.39 is 11.9 Å². The SMILES string of the molecule is O=C(CSc1ncccc1Cl)NC(=O)NCc1ccco1. The summed E-state index contributed by atoms with van der Waals surface area (Å²) in [5, 5.41) is 5.74. The van der Waals surface area contributed by atoms with E-state index in [0.29, 0.717) is 15.8 Å². The Morgan fingerprint density at radius 1 is 1.33 bits per heavy atom. The predicted octanol–water partition coefficient (Wildman–Crippen LogP) is 2.45.